The molecule has 0 spiro atoms. The first-order chi connectivity index (χ1) is 9.04. The van der Waals surface area contributed by atoms with Gasteiger partial charge in [0.05, 0.1) is 12.0 Å². The van der Waals surface area contributed by atoms with Gasteiger partial charge in [-0.05, 0) is 26.2 Å². The molecule has 1 heterocycles. The summed E-state index contributed by atoms with van der Waals surface area (Å²) < 4.78 is 0. The Hall–Kier alpha value is -0.940. The smallest absolute Gasteiger partial charge is 0.225 e. The Morgan fingerprint density at radius 2 is 2.47 bits per heavy atom. The predicted molar refractivity (Wildman–Crippen MR) is 77.8 cm³/mol. The number of aromatic nitrogens is 1. The molecule has 3 N–H and O–H groups in total. The van der Waals surface area contributed by atoms with Gasteiger partial charge in [0.2, 0.25) is 5.91 Å². The zero-order valence-corrected chi connectivity index (χ0v) is 12.5. The van der Waals surface area contributed by atoms with Gasteiger partial charge in [-0.3, -0.25) is 4.79 Å². The molecular weight excluding hydrogens is 258 g/mol. The summed E-state index contributed by atoms with van der Waals surface area (Å²) >= 11 is 1.59. The van der Waals surface area contributed by atoms with Crippen LogP contribution in [0, 0.1) is 5.92 Å². The average molecular weight is 281 g/mol. The van der Waals surface area contributed by atoms with Gasteiger partial charge < -0.3 is 11.1 Å². The summed E-state index contributed by atoms with van der Waals surface area (Å²) in [6, 6.07) is 0.0187. The monoisotopic (exact) mass is 281 g/mol. The van der Waals surface area contributed by atoms with Gasteiger partial charge in [0, 0.05) is 17.1 Å². The largest absolute Gasteiger partial charge is 0.347 e. The van der Waals surface area contributed by atoms with Crippen molar-refractivity contribution >= 4 is 17.2 Å². The summed E-state index contributed by atoms with van der Waals surface area (Å²) in [6.07, 6.45) is 6.68. The Balaban J connectivity index is 2.03. The standard InChI is InChI=1S/C14H23N3OS/c1-3-11(13-16-8-9-19-13)17-12(18)10-6-4-5-7-14(10,2)15/h8-11H,3-7,15H2,1-2H3,(H,17,18). The Bertz CT molecular complexity index is 416. The van der Waals surface area contributed by atoms with E-state index in [0.29, 0.717) is 0 Å². The van der Waals surface area contributed by atoms with Crippen LogP contribution in [0.2, 0.25) is 0 Å². The summed E-state index contributed by atoms with van der Waals surface area (Å²) in [5, 5.41) is 6.04. The molecule has 5 heteroatoms. The van der Waals surface area contributed by atoms with Crippen molar-refractivity contribution in [2.24, 2.45) is 11.7 Å². The van der Waals surface area contributed by atoms with E-state index in [1.807, 2.05) is 12.3 Å². The van der Waals surface area contributed by atoms with Crippen LogP contribution in [0.5, 0.6) is 0 Å². The molecule has 0 radical (unpaired) electrons. The topological polar surface area (TPSA) is 68.0 Å². The average Bonchev–Trinajstić information content (AvgIpc) is 2.88. The van der Waals surface area contributed by atoms with Crippen LogP contribution >= 0.6 is 11.3 Å². The summed E-state index contributed by atoms with van der Waals surface area (Å²) in [7, 11) is 0. The second kappa shape index (κ2) is 6.01. The number of amides is 1. The molecule has 0 saturated heterocycles. The van der Waals surface area contributed by atoms with Gasteiger partial charge in [0.1, 0.15) is 5.01 Å². The number of nitrogens with zero attached hydrogens (tertiary/aromatic N) is 1. The first kappa shape index (κ1) is 14.5. The lowest BCUT2D eigenvalue weighted by atomic mass is 9.74. The van der Waals surface area contributed by atoms with E-state index in [0.717, 1.165) is 37.1 Å². The SMILES string of the molecule is CCC(NC(=O)C1CCCCC1(C)N)c1nccs1. The summed E-state index contributed by atoms with van der Waals surface area (Å²) in [5.41, 5.74) is 5.91. The van der Waals surface area contributed by atoms with E-state index < -0.39 is 0 Å². The molecule has 0 aliphatic heterocycles. The maximum absolute atomic E-state index is 12.5. The molecule has 3 unspecified atom stereocenters. The molecule has 19 heavy (non-hydrogen) atoms. The Labute approximate surface area is 118 Å². The van der Waals surface area contributed by atoms with Crippen molar-refractivity contribution in [3.05, 3.63) is 16.6 Å². The van der Waals surface area contributed by atoms with Crippen molar-refractivity contribution < 1.29 is 4.79 Å². The minimum absolute atomic E-state index is 0.0187. The van der Waals surface area contributed by atoms with E-state index in [-0.39, 0.29) is 23.4 Å². The van der Waals surface area contributed by atoms with Crippen LogP contribution < -0.4 is 11.1 Å². The first-order valence-electron chi connectivity index (χ1n) is 7.03. The predicted octanol–water partition coefficient (Wildman–Crippen LogP) is 2.62. The highest BCUT2D eigenvalue weighted by molar-refractivity contribution is 7.09. The summed E-state index contributed by atoms with van der Waals surface area (Å²) in [4.78, 5) is 16.8. The quantitative estimate of drug-likeness (QED) is 0.891. The Kier molecular flexibility index (Phi) is 4.58. The van der Waals surface area contributed by atoms with Gasteiger partial charge >= 0.3 is 0 Å². The van der Waals surface area contributed by atoms with Crippen molar-refractivity contribution in [2.45, 2.75) is 57.5 Å². The van der Waals surface area contributed by atoms with E-state index in [1.165, 1.54) is 0 Å². The summed E-state index contributed by atoms with van der Waals surface area (Å²) in [6.45, 7) is 4.07. The minimum atomic E-state index is -0.372. The number of carbonyl (C=O) groups is 1. The molecule has 0 aromatic carbocycles. The second-order valence-electron chi connectivity index (χ2n) is 5.64. The summed E-state index contributed by atoms with van der Waals surface area (Å²) in [5.74, 6) is 0.0158. The molecule has 1 saturated carbocycles. The molecule has 1 aliphatic rings. The van der Waals surface area contributed by atoms with Crippen molar-refractivity contribution in [1.29, 1.82) is 0 Å². The number of nitrogens with one attached hydrogen (secondary N) is 1. The maximum Gasteiger partial charge on any atom is 0.225 e. The van der Waals surface area contributed by atoms with Gasteiger partial charge in [-0.1, -0.05) is 19.8 Å². The molecule has 2 rings (SSSR count). The third-order valence-electron chi connectivity index (χ3n) is 4.05. The Morgan fingerprint density at radius 3 is 3.05 bits per heavy atom. The number of thiazole rings is 1. The number of carbonyl (C=O) groups excluding carboxylic acids is 1. The van der Waals surface area contributed by atoms with Gasteiger partial charge in [-0.25, -0.2) is 4.98 Å². The molecule has 0 bridgehead atoms. The third kappa shape index (κ3) is 3.34. The molecule has 1 aromatic heterocycles. The molecule has 1 amide bonds. The molecular formula is C14H23N3OS. The van der Waals surface area contributed by atoms with E-state index in [9.17, 15) is 4.79 Å². The molecule has 1 fully saturated rings. The fourth-order valence-electron chi connectivity index (χ4n) is 2.81. The van der Waals surface area contributed by atoms with Crippen LogP contribution in [-0.2, 0) is 4.79 Å². The van der Waals surface area contributed by atoms with Crippen molar-refractivity contribution in [3.8, 4) is 0 Å². The molecule has 4 nitrogen and oxygen atoms in total. The van der Waals surface area contributed by atoms with Crippen LogP contribution in [0.25, 0.3) is 0 Å². The van der Waals surface area contributed by atoms with E-state index >= 15 is 0 Å². The highest BCUT2D eigenvalue weighted by atomic mass is 32.1. The second-order valence-corrected chi connectivity index (χ2v) is 6.57. The lowest BCUT2D eigenvalue weighted by Gasteiger charge is -2.37. The minimum Gasteiger partial charge on any atom is -0.347 e. The normalized spacial score (nSPS) is 28.9. The van der Waals surface area contributed by atoms with Crippen LogP contribution in [-0.4, -0.2) is 16.4 Å². The Morgan fingerprint density at radius 1 is 1.68 bits per heavy atom. The van der Waals surface area contributed by atoms with Crippen molar-refractivity contribution in [1.82, 2.24) is 10.3 Å². The highest BCUT2D eigenvalue weighted by Crippen LogP contribution is 2.32. The number of rotatable bonds is 4. The molecule has 1 aromatic rings. The lowest BCUT2D eigenvalue weighted by molar-refractivity contribution is -0.128. The van der Waals surface area contributed by atoms with Crippen LogP contribution in [0.3, 0.4) is 0 Å². The van der Waals surface area contributed by atoms with Gasteiger partial charge in [0.25, 0.3) is 0 Å². The number of hydrogen-bond acceptors (Lipinski definition) is 4. The highest BCUT2D eigenvalue weighted by Gasteiger charge is 2.38. The zero-order valence-electron chi connectivity index (χ0n) is 11.7. The molecule has 1 aliphatic carbocycles. The van der Waals surface area contributed by atoms with Crippen LogP contribution in [0.1, 0.15) is 57.0 Å². The maximum atomic E-state index is 12.5. The fourth-order valence-corrected chi connectivity index (χ4v) is 3.58. The van der Waals surface area contributed by atoms with Crippen molar-refractivity contribution in [2.75, 3.05) is 0 Å². The number of hydrogen-bond donors (Lipinski definition) is 2. The van der Waals surface area contributed by atoms with Crippen molar-refractivity contribution in [3.63, 3.8) is 0 Å². The lowest BCUT2D eigenvalue weighted by Crippen LogP contribution is -2.53. The van der Waals surface area contributed by atoms with Crippen LogP contribution in [0.15, 0.2) is 11.6 Å². The molecule has 3 atom stereocenters. The fraction of sp³-hybridized carbons (Fsp3) is 0.714. The van der Waals surface area contributed by atoms with Crippen LogP contribution in [0.4, 0.5) is 0 Å². The van der Waals surface area contributed by atoms with E-state index in [4.69, 9.17) is 5.73 Å². The first-order valence-corrected chi connectivity index (χ1v) is 7.91. The third-order valence-corrected chi connectivity index (χ3v) is 4.93. The van der Waals surface area contributed by atoms with E-state index in [1.54, 1.807) is 17.5 Å². The van der Waals surface area contributed by atoms with E-state index in [2.05, 4.69) is 17.2 Å². The van der Waals surface area contributed by atoms with Gasteiger partial charge in [-0.2, -0.15) is 0 Å². The zero-order chi connectivity index (χ0) is 13.9. The number of nitrogens with two attached hydrogens (primary N) is 1. The van der Waals surface area contributed by atoms with Gasteiger partial charge in [-0.15, -0.1) is 11.3 Å². The van der Waals surface area contributed by atoms with Gasteiger partial charge in [0.15, 0.2) is 0 Å². The molecule has 106 valence electrons.